The second kappa shape index (κ2) is 15.8. The van der Waals surface area contributed by atoms with E-state index in [0.29, 0.717) is 42.6 Å². The molecule has 4 aliphatic carbocycles. The van der Waals surface area contributed by atoms with E-state index in [0.717, 1.165) is 63.5 Å². The van der Waals surface area contributed by atoms with Crippen molar-refractivity contribution in [3.8, 4) is 0 Å². The average molecular weight is 636 g/mol. The summed E-state index contributed by atoms with van der Waals surface area (Å²) in [5.74, 6) is 3.20. The molecule has 45 heavy (non-hydrogen) atoms. The molecule has 5 aliphatic rings. The van der Waals surface area contributed by atoms with E-state index >= 15 is 0 Å². The second-order valence-electron chi connectivity index (χ2n) is 17.5. The van der Waals surface area contributed by atoms with Crippen molar-refractivity contribution in [1.29, 1.82) is 0 Å². The van der Waals surface area contributed by atoms with Crippen LogP contribution in [0.1, 0.15) is 137 Å². The standard InChI is InChI=1S/C40H68F3NO/c1-26-10-9-20-44(21-19-26)25-35-18-17-33(24-37(35)40(41,42)43)29(4)39(45)34-14-13-27(2)36(23-34)30(5)38(32-15-16-32)28(3)22-31-11-7-6-8-12-31/h26-27,29-39,45H,3,6-25H2,1-2,4-5H3. The van der Waals surface area contributed by atoms with Crippen molar-refractivity contribution < 1.29 is 18.3 Å². The Hall–Kier alpha value is -0.550. The summed E-state index contributed by atoms with van der Waals surface area (Å²) in [6, 6.07) is 0. The minimum absolute atomic E-state index is 0.0447. The maximum absolute atomic E-state index is 14.5. The maximum Gasteiger partial charge on any atom is 0.392 e. The molecule has 1 saturated heterocycles. The van der Waals surface area contributed by atoms with E-state index in [4.69, 9.17) is 6.58 Å². The SMILES string of the molecule is C=C(CC1CCCCC1)C(C1CC1)C(C)C1CC(C(O)C(C)C2CCC(CN3CCCC(C)CC3)C(C(F)(F)F)C2)CCC1C. The first-order chi connectivity index (χ1) is 21.4. The lowest BCUT2D eigenvalue weighted by atomic mass is 9.61. The van der Waals surface area contributed by atoms with Crippen LogP contribution < -0.4 is 0 Å². The maximum atomic E-state index is 14.5. The number of aliphatic hydroxyl groups excluding tert-OH is 1. The molecule has 0 aromatic heterocycles. The number of nitrogens with zero attached hydrogens (tertiary/aromatic N) is 1. The Kier molecular flexibility index (Phi) is 12.5. The van der Waals surface area contributed by atoms with Crippen LogP contribution in [0.4, 0.5) is 13.2 Å². The van der Waals surface area contributed by atoms with Gasteiger partial charge in [0.2, 0.25) is 0 Å². The Morgan fingerprint density at radius 1 is 0.778 bits per heavy atom. The van der Waals surface area contributed by atoms with Gasteiger partial charge in [0.25, 0.3) is 0 Å². The van der Waals surface area contributed by atoms with Gasteiger partial charge in [-0.05, 0) is 149 Å². The molecule has 5 heteroatoms. The van der Waals surface area contributed by atoms with Crippen LogP contribution in [0.15, 0.2) is 12.2 Å². The lowest BCUT2D eigenvalue weighted by Gasteiger charge is -2.46. The quantitative estimate of drug-likeness (QED) is 0.228. The van der Waals surface area contributed by atoms with Crippen LogP contribution in [0.2, 0.25) is 0 Å². The summed E-state index contributed by atoms with van der Waals surface area (Å²) < 4.78 is 43.6. The zero-order valence-electron chi connectivity index (χ0n) is 29.4. The molecule has 2 nitrogen and oxygen atoms in total. The normalized spacial score (nSPS) is 37.4. The van der Waals surface area contributed by atoms with E-state index in [9.17, 15) is 18.3 Å². The van der Waals surface area contributed by atoms with Crippen LogP contribution >= 0.6 is 0 Å². The molecule has 5 rings (SSSR count). The molecule has 0 aromatic rings. The van der Waals surface area contributed by atoms with Gasteiger partial charge >= 0.3 is 6.18 Å². The Bertz CT molecular complexity index is 925. The molecule has 1 aliphatic heterocycles. The molecule has 0 amide bonds. The third kappa shape index (κ3) is 9.33. The molecule has 11 unspecified atom stereocenters. The molecule has 4 saturated carbocycles. The molecule has 1 heterocycles. The molecular formula is C40H68F3NO. The molecular weight excluding hydrogens is 567 g/mol. The first kappa shape index (κ1) is 35.7. The van der Waals surface area contributed by atoms with E-state index in [1.54, 1.807) is 0 Å². The van der Waals surface area contributed by atoms with Gasteiger partial charge in [-0.1, -0.05) is 78.4 Å². The molecule has 5 fully saturated rings. The van der Waals surface area contributed by atoms with E-state index in [-0.39, 0.29) is 30.1 Å². The fourth-order valence-corrected chi connectivity index (χ4v) is 11.1. The van der Waals surface area contributed by atoms with Crippen molar-refractivity contribution in [1.82, 2.24) is 4.90 Å². The summed E-state index contributed by atoms with van der Waals surface area (Å²) in [5, 5.41) is 11.8. The van der Waals surface area contributed by atoms with Gasteiger partial charge in [-0.25, -0.2) is 0 Å². The topological polar surface area (TPSA) is 23.5 Å². The van der Waals surface area contributed by atoms with Crippen molar-refractivity contribution in [2.75, 3.05) is 19.6 Å². The van der Waals surface area contributed by atoms with Crippen LogP contribution in [0.25, 0.3) is 0 Å². The third-order valence-electron chi connectivity index (χ3n) is 14.2. The minimum Gasteiger partial charge on any atom is -0.393 e. The molecule has 0 radical (unpaired) electrons. The predicted molar refractivity (Wildman–Crippen MR) is 181 cm³/mol. The highest BCUT2D eigenvalue weighted by Gasteiger charge is 2.50. The molecule has 0 spiro atoms. The van der Waals surface area contributed by atoms with Crippen molar-refractivity contribution in [2.24, 2.45) is 71.0 Å². The zero-order chi connectivity index (χ0) is 32.3. The summed E-state index contributed by atoms with van der Waals surface area (Å²) in [6.07, 6.45) is 14.3. The summed E-state index contributed by atoms with van der Waals surface area (Å²) in [5.41, 5.74) is 1.50. The third-order valence-corrected chi connectivity index (χ3v) is 14.2. The Morgan fingerprint density at radius 3 is 2.16 bits per heavy atom. The van der Waals surface area contributed by atoms with Crippen LogP contribution in [0.5, 0.6) is 0 Å². The number of aliphatic hydroxyl groups is 1. The van der Waals surface area contributed by atoms with E-state index < -0.39 is 18.2 Å². The number of alkyl halides is 3. The van der Waals surface area contributed by atoms with Gasteiger partial charge in [-0.2, -0.15) is 13.2 Å². The highest BCUT2D eigenvalue weighted by molar-refractivity contribution is 5.10. The van der Waals surface area contributed by atoms with Crippen LogP contribution in [0, 0.1) is 71.0 Å². The van der Waals surface area contributed by atoms with Crippen molar-refractivity contribution in [2.45, 2.75) is 149 Å². The fourth-order valence-electron chi connectivity index (χ4n) is 11.1. The van der Waals surface area contributed by atoms with Gasteiger partial charge in [-0.3, -0.25) is 0 Å². The monoisotopic (exact) mass is 636 g/mol. The van der Waals surface area contributed by atoms with Crippen LogP contribution in [-0.2, 0) is 0 Å². The van der Waals surface area contributed by atoms with Crippen LogP contribution in [-0.4, -0.2) is 41.9 Å². The average Bonchev–Trinajstić information content (AvgIpc) is 3.86. The lowest BCUT2D eigenvalue weighted by Crippen LogP contribution is -2.45. The molecule has 0 aromatic carbocycles. The molecule has 0 bridgehead atoms. The van der Waals surface area contributed by atoms with Gasteiger partial charge in [0.15, 0.2) is 0 Å². The fraction of sp³-hybridized carbons (Fsp3) is 0.950. The molecule has 11 atom stereocenters. The Morgan fingerprint density at radius 2 is 1.47 bits per heavy atom. The largest absolute Gasteiger partial charge is 0.393 e. The number of hydrogen-bond acceptors (Lipinski definition) is 2. The highest BCUT2D eigenvalue weighted by Crippen LogP contribution is 2.53. The number of halogens is 3. The van der Waals surface area contributed by atoms with E-state index in [1.165, 1.54) is 63.4 Å². The zero-order valence-corrected chi connectivity index (χ0v) is 29.4. The minimum atomic E-state index is -4.16. The predicted octanol–water partition coefficient (Wildman–Crippen LogP) is 10.9. The smallest absolute Gasteiger partial charge is 0.392 e. The first-order valence-corrected chi connectivity index (χ1v) is 19.6. The summed E-state index contributed by atoms with van der Waals surface area (Å²) in [6.45, 7) is 16.5. The summed E-state index contributed by atoms with van der Waals surface area (Å²) >= 11 is 0. The Labute approximate surface area is 274 Å². The van der Waals surface area contributed by atoms with Crippen molar-refractivity contribution >= 4 is 0 Å². The number of likely N-dealkylation sites (tertiary alicyclic amines) is 1. The summed E-state index contributed by atoms with van der Waals surface area (Å²) in [4.78, 5) is 2.33. The van der Waals surface area contributed by atoms with Crippen molar-refractivity contribution in [3.05, 3.63) is 12.2 Å². The van der Waals surface area contributed by atoms with Gasteiger partial charge in [0.05, 0.1) is 12.0 Å². The summed E-state index contributed by atoms with van der Waals surface area (Å²) in [7, 11) is 0. The first-order valence-electron chi connectivity index (χ1n) is 19.6. The van der Waals surface area contributed by atoms with Gasteiger partial charge in [0.1, 0.15) is 0 Å². The van der Waals surface area contributed by atoms with Crippen LogP contribution in [0.3, 0.4) is 0 Å². The van der Waals surface area contributed by atoms with E-state index in [1.807, 2.05) is 0 Å². The van der Waals surface area contributed by atoms with Gasteiger partial charge in [-0.15, -0.1) is 0 Å². The number of hydrogen-bond donors (Lipinski definition) is 1. The van der Waals surface area contributed by atoms with Gasteiger partial charge in [0, 0.05) is 6.54 Å². The molecule has 1 N–H and O–H groups in total. The second-order valence-corrected chi connectivity index (χ2v) is 17.5. The number of rotatable bonds is 11. The van der Waals surface area contributed by atoms with Crippen molar-refractivity contribution in [3.63, 3.8) is 0 Å². The van der Waals surface area contributed by atoms with E-state index in [2.05, 4.69) is 32.6 Å². The van der Waals surface area contributed by atoms with Gasteiger partial charge < -0.3 is 10.0 Å². The molecule has 260 valence electrons. The Balaban J connectivity index is 1.19. The highest BCUT2D eigenvalue weighted by atomic mass is 19.4. The lowest BCUT2D eigenvalue weighted by molar-refractivity contribution is -0.206. The number of allylic oxidation sites excluding steroid dienone is 1.